The molecule has 2 N–H and O–H groups in total. The summed E-state index contributed by atoms with van der Waals surface area (Å²) in [4.78, 5) is 22.8. The minimum atomic E-state index is -0.461. The number of primary amides is 1. The van der Waals surface area contributed by atoms with Crippen molar-refractivity contribution in [2.75, 3.05) is 24.7 Å². The lowest BCUT2D eigenvalue weighted by molar-refractivity contribution is -0.121. The first-order valence-corrected chi connectivity index (χ1v) is 6.47. The lowest BCUT2D eigenvalue weighted by atomic mass is 10.2. The van der Waals surface area contributed by atoms with Gasteiger partial charge in [0.25, 0.3) is 0 Å². The normalized spacial score (nSPS) is 20.2. The molecule has 7 heteroatoms. The van der Waals surface area contributed by atoms with Gasteiger partial charge in [-0.3, -0.25) is 4.79 Å². The molecule has 1 aliphatic heterocycles. The topological polar surface area (TPSA) is 81.3 Å². The third kappa shape index (κ3) is 1.81. The van der Waals surface area contributed by atoms with Gasteiger partial charge in [-0.05, 0) is 11.4 Å². The summed E-state index contributed by atoms with van der Waals surface area (Å²) in [7, 11) is 0. The van der Waals surface area contributed by atoms with E-state index in [1.807, 2.05) is 16.3 Å². The Bertz CT molecular complexity index is 585. The molecule has 0 aliphatic carbocycles. The number of aromatic nitrogens is 2. The molecular weight excluding hydrogens is 252 g/mol. The number of rotatable bonds is 2. The average Bonchev–Trinajstić information content (AvgIpc) is 2.86. The Balaban J connectivity index is 2.06. The number of amides is 1. The third-order valence-electron chi connectivity index (χ3n) is 2.97. The van der Waals surface area contributed by atoms with E-state index >= 15 is 0 Å². The molecule has 1 amide bonds. The Morgan fingerprint density at radius 3 is 3.28 bits per heavy atom. The molecule has 0 radical (unpaired) electrons. The highest BCUT2D eigenvalue weighted by atomic mass is 32.1. The highest BCUT2D eigenvalue weighted by Crippen LogP contribution is 2.28. The maximum Gasteiger partial charge on any atom is 0.242 e. The van der Waals surface area contributed by atoms with Crippen molar-refractivity contribution < 1.29 is 9.53 Å². The van der Waals surface area contributed by atoms with E-state index < -0.39 is 11.9 Å². The molecule has 1 saturated heterocycles. The van der Waals surface area contributed by atoms with Crippen LogP contribution in [0.25, 0.3) is 10.2 Å². The second-order valence-corrected chi connectivity index (χ2v) is 4.92. The summed E-state index contributed by atoms with van der Waals surface area (Å²) >= 11 is 1.55. The van der Waals surface area contributed by atoms with E-state index in [1.54, 1.807) is 11.3 Å². The average molecular weight is 264 g/mol. The van der Waals surface area contributed by atoms with Crippen LogP contribution in [-0.2, 0) is 9.53 Å². The molecular formula is C11H12N4O2S. The molecule has 0 aromatic carbocycles. The van der Waals surface area contributed by atoms with Gasteiger partial charge in [0.15, 0.2) is 0 Å². The summed E-state index contributed by atoms with van der Waals surface area (Å²) in [6.45, 7) is 1.49. The molecule has 2 aromatic rings. The number of fused-ring (bicyclic) bond motifs is 1. The van der Waals surface area contributed by atoms with Crippen LogP contribution in [0.15, 0.2) is 17.8 Å². The fourth-order valence-electron chi connectivity index (χ4n) is 2.10. The van der Waals surface area contributed by atoms with Gasteiger partial charge in [0, 0.05) is 6.54 Å². The molecule has 1 fully saturated rings. The van der Waals surface area contributed by atoms with Gasteiger partial charge < -0.3 is 15.4 Å². The first-order chi connectivity index (χ1) is 8.77. The van der Waals surface area contributed by atoms with Gasteiger partial charge in [-0.1, -0.05) is 0 Å². The molecule has 3 rings (SSSR count). The predicted molar refractivity (Wildman–Crippen MR) is 68.6 cm³/mol. The van der Waals surface area contributed by atoms with E-state index in [4.69, 9.17) is 10.5 Å². The number of carbonyl (C=O) groups is 1. The number of anilines is 1. The summed E-state index contributed by atoms with van der Waals surface area (Å²) in [5, 5.41) is 2.92. The lowest BCUT2D eigenvalue weighted by Crippen LogP contribution is -2.53. The number of carbonyl (C=O) groups excluding carboxylic acids is 1. The number of hydrogen-bond acceptors (Lipinski definition) is 6. The van der Waals surface area contributed by atoms with Crippen LogP contribution in [-0.4, -0.2) is 41.7 Å². The van der Waals surface area contributed by atoms with Crippen LogP contribution in [0.2, 0.25) is 0 Å². The van der Waals surface area contributed by atoms with Crippen LogP contribution < -0.4 is 10.6 Å². The lowest BCUT2D eigenvalue weighted by Gasteiger charge is -2.34. The number of nitrogens with zero attached hydrogens (tertiary/aromatic N) is 3. The van der Waals surface area contributed by atoms with Crippen molar-refractivity contribution in [1.82, 2.24) is 9.97 Å². The summed E-state index contributed by atoms with van der Waals surface area (Å²) in [6.07, 6.45) is 1.52. The Hall–Kier alpha value is -1.73. The van der Waals surface area contributed by atoms with Crippen molar-refractivity contribution in [3.05, 3.63) is 17.8 Å². The van der Waals surface area contributed by atoms with Crippen molar-refractivity contribution >= 4 is 33.3 Å². The second-order valence-electron chi connectivity index (χ2n) is 4.02. The highest BCUT2D eigenvalue weighted by molar-refractivity contribution is 7.16. The molecule has 0 bridgehead atoms. The minimum Gasteiger partial charge on any atom is -0.377 e. The summed E-state index contributed by atoms with van der Waals surface area (Å²) < 4.78 is 5.31. The zero-order chi connectivity index (χ0) is 12.5. The number of morpholine rings is 1. The molecule has 18 heavy (non-hydrogen) atoms. The Labute approximate surface area is 107 Å². The van der Waals surface area contributed by atoms with Gasteiger partial charge >= 0.3 is 0 Å². The van der Waals surface area contributed by atoms with Crippen LogP contribution in [0.3, 0.4) is 0 Å². The second kappa shape index (κ2) is 4.51. The van der Waals surface area contributed by atoms with Crippen molar-refractivity contribution in [3.8, 4) is 0 Å². The zero-order valence-electron chi connectivity index (χ0n) is 9.57. The molecule has 2 aromatic heterocycles. The Kier molecular flexibility index (Phi) is 2.85. The maximum absolute atomic E-state index is 11.5. The smallest absolute Gasteiger partial charge is 0.242 e. The molecule has 1 unspecified atom stereocenters. The Morgan fingerprint density at radius 1 is 1.56 bits per heavy atom. The quantitative estimate of drug-likeness (QED) is 0.848. The molecule has 94 valence electrons. The van der Waals surface area contributed by atoms with E-state index in [0.717, 1.165) is 16.0 Å². The third-order valence-corrected chi connectivity index (χ3v) is 3.79. The van der Waals surface area contributed by atoms with Gasteiger partial charge in [0.1, 0.15) is 23.0 Å². The van der Waals surface area contributed by atoms with Crippen molar-refractivity contribution in [2.24, 2.45) is 5.73 Å². The summed E-state index contributed by atoms with van der Waals surface area (Å²) in [5.41, 5.74) is 5.41. The van der Waals surface area contributed by atoms with E-state index in [-0.39, 0.29) is 0 Å². The van der Waals surface area contributed by atoms with Gasteiger partial charge in [0.05, 0.1) is 18.6 Å². The molecule has 0 spiro atoms. The van der Waals surface area contributed by atoms with Crippen LogP contribution in [0.5, 0.6) is 0 Å². The fraction of sp³-hybridized carbons (Fsp3) is 0.364. The predicted octanol–water partition coefficient (Wildman–Crippen LogP) is 0.382. The van der Waals surface area contributed by atoms with Crippen LogP contribution >= 0.6 is 11.3 Å². The molecule has 3 heterocycles. The Morgan fingerprint density at radius 2 is 2.44 bits per heavy atom. The van der Waals surface area contributed by atoms with Crippen LogP contribution in [0.4, 0.5) is 5.82 Å². The number of nitrogens with two attached hydrogens (primary N) is 1. The minimum absolute atomic E-state index is 0.310. The van der Waals surface area contributed by atoms with Crippen molar-refractivity contribution in [1.29, 1.82) is 0 Å². The standard InChI is InChI=1S/C11H12N4O2S/c12-9(16)8-5-17-3-2-15(8)10-7-1-4-18-11(7)14-6-13-10/h1,4,6,8H,2-3,5H2,(H2,12,16). The van der Waals surface area contributed by atoms with Gasteiger partial charge in [-0.25, -0.2) is 9.97 Å². The molecule has 6 nitrogen and oxygen atoms in total. The summed E-state index contributed by atoms with van der Waals surface area (Å²) in [5.74, 6) is 0.366. The summed E-state index contributed by atoms with van der Waals surface area (Å²) in [6, 6.07) is 1.50. The highest BCUT2D eigenvalue weighted by Gasteiger charge is 2.29. The number of hydrogen-bond donors (Lipinski definition) is 1. The molecule has 1 atom stereocenters. The van der Waals surface area contributed by atoms with E-state index in [1.165, 1.54) is 6.33 Å². The monoisotopic (exact) mass is 264 g/mol. The zero-order valence-corrected chi connectivity index (χ0v) is 10.4. The SMILES string of the molecule is NC(=O)C1COCCN1c1ncnc2sccc12. The van der Waals surface area contributed by atoms with Crippen molar-refractivity contribution in [2.45, 2.75) is 6.04 Å². The fourth-order valence-corrected chi connectivity index (χ4v) is 2.83. The number of ether oxygens (including phenoxy) is 1. The molecule has 0 saturated carbocycles. The van der Waals surface area contributed by atoms with Gasteiger partial charge in [0.2, 0.25) is 5.91 Å². The van der Waals surface area contributed by atoms with Crippen molar-refractivity contribution in [3.63, 3.8) is 0 Å². The van der Waals surface area contributed by atoms with Crippen LogP contribution in [0.1, 0.15) is 0 Å². The van der Waals surface area contributed by atoms with E-state index in [2.05, 4.69) is 9.97 Å². The largest absolute Gasteiger partial charge is 0.377 e. The van der Waals surface area contributed by atoms with E-state index in [0.29, 0.717) is 19.8 Å². The number of thiophene rings is 1. The van der Waals surface area contributed by atoms with Gasteiger partial charge in [-0.15, -0.1) is 11.3 Å². The van der Waals surface area contributed by atoms with E-state index in [9.17, 15) is 4.79 Å². The molecule has 1 aliphatic rings. The maximum atomic E-state index is 11.5. The first kappa shape index (κ1) is 11.4. The van der Waals surface area contributed by atoms with Crippen LogP contribution in [0, 0.1) is 0 Å². The first-order valence-electron chi connectivity index (χ1n) is 5.59. The van der Waals surface area contributed by atoms with Gasteiger partial charge in [-0.2, -0.15) is 0 Å².